The quantitative estimate of drug-likeness (QED) is 0.884. The molecule has 0 aliphatic carbocycles. The minimum atomic E-state index is -0.123. The van der Waals surface area contributed by atoms with Crippen LogP contribution >= 0.6 is 0 Å². The van der Waals surface area contributed by atoms with Crippen molar-refractivity contribution in [3.63, 3.8) is 0 Å². The van der Waals surface area contributed by atoms with Gasteiger partial charge in [0.15, 0.2) is 0 Å². The number of ether oxygens (including phenoxy) is 2. The van der Waals surface area contributed by atoms with Gasteiger partial charge in [0, 0.05) is 24.0 Å². The van der Waals surface area contributed by atoms with Gasteiger partial charge in [0.2, 0.25) is 0 Å². The molecule has 3 rings (SSSR count). The highest BCUT2D eigenvalue weighted by molar-refractivity contribution is 5.99. The summed E-state index contributed by atoms with van der Waals surface area (Å²) >= 11 is 0. The Balaban J connectivity index is 1.67. The van der Waals surface area contributed by atoms with Crippen molar-refractivity contribution in [1.29, 1.82) is 0 Å². The van der Waals surface area contributed by atoms with Gasteiger partial charge in [0.05, 0.1) is 18.7 Å². The van der Waals surface area contributed by atoms with E-state index in [2.05, 4.69) is 10.4 Å². The Bertz CT molecular complexity index is 738. The molecule has 6 nitrogen and oxygen atoms in total. The molecular formula is C18H21N3O3. The Morgan fingerprint density at radius 1 is 1.50 bits per heavy atom. The number of rotatable bonds is 6. The number of benzene rings is 1. The minimum absolute atomic E-state index is 0.0329. The molecule has 126 valence electrons. The summed E-state index contributed by atoms with van der Waals surface area (Å²) in [5, 5.41) is 7.12. The molecule has 2 heterocycles. The summed E-state index contributed by atoms with van der Waals surface area (Å²) in [6.45, 7) is 5.37. The van der Waals surface area contributed by atoms with Gasteiger partial charge in [-0.1, -0.05) is 0 Å². The maximum Gasteiger partial charge on any atom is 0.250 e. The number of aromatic nitrogens is 2. The highest BCUT2D eigenvalue weighted by Crippen LogP contribution is 2.30. The summed E-state index contributed by atoms with van der Waals surface area (Å²) in [7, 11) is 0. The molecule has 1 aliphatic rings. The molecule has 0 radical (unpaired) electrons. The lowest BCUT2D eigenvalue weighted by Gasteiger charge is -2.20. The normalized spacial score (nSPS) is 14.2. The van der Waals surface area contributed by atoms with Crippen molar-refractivity contribution in [1.82, 2.24) is 15.1 Å². The predicted molar refractivity (Wildman–Crippen MR) is 90.9 cm³/mol. The molecule has 1 aromatic carbocycles. The molecule has 0 saturated carbocycles. The summed E-state index contributed by atoms with van der Waals surface area (Å²) in [6.07, 6.45) is 5.45. The third-order valence-corrected chi connectivity index (χ3v) is 3.69. The van der Waals surface area contributed by atoms with Crippen molar-refractivity contribution in [2.45, 2.75) is 26.4 Å². The van der Waals surface area contributed by atoms with Crippen molar-refractivity contribution in [3.8, 4) is 11.5 Å². The SMILES string of the molecule is CCOc1ccc2c(c1)C=C(C(=O)NC(C)Cn1cccn1)CO2. The van der Waals surface area contributed by atoms with Crippen LogP contribution in [0.3, 0.4) is 0 Å². The minimum Gasteiger partial charge on any atom is -0.494 e. The third kappa shape index (κ3) is 3.76. The first-order valence-corrected chi connectivity index (χ1v) is 8.04. The van der Waals surface area contributed by atoms with Gasteiger partial charge in [-0.05, 0) is 44.2 Å². The van der Waals surface area contributed by atoms with Gasteiger partial charge in [-0.25, -0.2) is 0 Å². The zero-order valence-corrected chi connectivity index (χ0v) is 13.9. The van der Waals surface area contributed by atoms with Crippen molar-refractivity contribution in [3.05, 3.63) is 47.8 Å². The standard InChI is InChI=1S/C18H21N3O3/c1-3-23-16-5-6-17-14(10-16)9-15(12-24-17)18(22)20-13(2)11-21-8-4-7-19-21/h4-10,13H,3,11-12H2,1-2H3,(H,20,22). The van der Waals surface area contributed by atoms with Crippen LogP contribution < -0.4 is 14.8 Å². The van der Waals surface area contributed by atoms with Gasteiger partial charge in [-0.2, -0.15) is 5.10 Å². The van der Waals surface area contributed by atoms with Gasteiger partial charge < -0.3 is 14.8 Å². The van der Waals surface area contributed by atoms with E-state index in [9.17, 15) is 4.79 Å². The lowest BCUT2D eigenvalue weighted by Crippen LogP contribution is -2.38. The van der Waals surface area contributed by atoms with E-state index in [1.165, 1.54) is 0 Å². The molecule has 0 spiro atoms. The van der Waals surface area contributed by atoms with Crippen molar-refractivity contribution in [2.24, 2.45) is 0 Å². The first kappa shape index (κ1) is 16.1. The van der Waals surface area contributed by atoms with E-state index in [1.807, 2.05) is 50.4 Å². The maximum absolute atomic E-state index is 12.4. The molecule has 0 saturated heterocycles. The number of fused-ring (bicyclic) bond motifs is 1. The largest absolute Gasteiger partial charge is 0.494 e. The number of amides is 1. The topological polar surface area (TPSA) is 65.4 Å². The summed E-state index contributed by atoms with van der Waals surface area (Å²) in [5.41, 5.74) is 1.46. The number of carbonyl (C=O) groups is 1. The number of carbonyl (C=O) groups excluding carboxylic acids is 1. The first-order chi connectivity index (χ1) is 11.7. The zero-order chi connectivity index (χ0) is 16.9. The van der Waals surface area contributed by atoms with Crippen LogP contribution in [-0.2, 0) is 11.3 Å². The van der Waals surface area contributed by atoms with Crippen LogP contribution in [0.5, 0.6) is 11.5 Å². The lowest BCUT2D eigenvalue weighted by atomic mass is 10.1. The fraction of sp³-hybridized carbons (Fsp3) is 0.333. The van der Waals surface area contributed by atoms with Crippen LogP contribution in [0.4, 0.5) is 0 Å². The first-order valence-electron chi connectivity index (χ1n) is 8.04. The van der Waals surface area contributed by atoms with E-state index in [0.29, 0.717) is 18.7 Å². The highest BCUT2D eigenvalue weighted by atomic mass is 16.5. The summed E-state index contributed by atoms with van der Waals surface area (Å²) in [5.74, 6) is 1.41. The lowest BCUT2D eigenvalue weighted by molar-refractivity contribution is -0.118. The van der Waals surface area contributed by atoms with E-state index in [0.717, 1.165) is 17.1 Å². The van der Waals surface area contributed by atoms with E-state index in [1.54, 1.807) is 10.9 Å². The number of nitrogens with zero attached hydrogens (tertiary/aromatic N) is 2. The highest BCUT2D eigenvalue weighted by Gasteiger charge is 2.19. The zero-order valence-electron chi connectivity index (χ0n) is 13.9. The van der Waals surface area contributed by atoms with Crippen LogP contribution in [0, 0.1) is 0 Å². The van der Waals surface area contributed by atoms with Gasteiger partial charge >= 0.3 is 0 Å². The molecule has 1 aliphatic heterocycles. The van der Waals surface area contributed by atoms with E-state index >= 15 is 0 Å². The van der Waals surface area contributed by atoms with Gasteiger partial charge in [-0.15, -0.1) is 0 Å². The van der Waals surface area contributed by atoms with Crippen LogP contribution in [0.1, 0.15) is 19.4 Å². The second-order valence-electron chi connectivity index (χ2n) is 5.69. The van der Waals surface area contributed by atoms with Crippen LogP contribution in [0.25, 0.3) is 6.08 Å². The average Bonchev–Trinajstić information content (AvgIpc) is 3.07. The smallest absolute Gasteiger partial charge is 0.250 e. The summed E-state index contributed by atoms with van der Waals surface area (Å²) in [6, 6.07) is 7.45. The molecule has 1 unspecified atom stereocenters. The number of hydrogen-bond donors (Lipinski definition) is 1. The van der Waals surface area contributed by atoms with E-state index in [4.69, 9.17) is 9.47 Å². The average molecular weight is 327 g/mol. The summed E-state index contributed by atoms with van der Waals surface area (Å²) in [4.78, 5) is 12.4. The molecule has 1 atom stereocenters. The van der Waals surface area contributed by atoms with Crippen LogP contribution in [0.2, 0.25) is 0 Å². The van der Waals surface area contributed by atoms with E-state index in [-0.39, 0.29) is 18.6 Å². The van der Waals surface area contributed by atoms with Crippen molar-refractivity contribution >= 4 is 12.0 Å². The molecular weight excluding hydrogens is 306 g/mol. The Labute approximate surface area is 141 Å². The van der Waals surface area contributed by atoms with Gasteiger partial charge in [0.25, 0.3) is 5.91 Å². The Morgan fingerprint density at radius 2 is 2.38 bits per heavy atom. The maximum atomic E-state index is 12.4. The Kier molecular flexibility index (Phi) is 4.84. The van der Waals surface area contributed by atoms with Crippen molar-refractivity contribution in [2.75, 3.05) is 13.2 Å². The molecule has 2 aromatic rings. The van der Waals surface area contributed by atoms with Gasteiger partial charge in [0.1, 0.15) is 18.1 Å². The fourth-order valence-corrected chi connectivity index (χ4v) is 2.59. The van der Waals surface area contributed by atoms with Crippen LogP contribution in [0.15, 0.2) is 42.2 Å². The predicted octanol–water partition coefficient (Wildman–Crippen LogP) is 2.26. The Hall–Kier alpha value is -2.76. The molecule has 0 bridgehead atoms. The molecule has 6 heteroatoms. The molecule has 24 heavy (non-hydrogen) atoms. The monoisotopic (exact) mass is 327 g/mol. The summed E-state index contributed by atoms with van der Waals surface area (Å²) < 4.78 is 13.0. The fourth-order valence-electron chi connectivity index (χ4n) is 2.59. The molecule has 1 N–H and O–H groups in total. The van der Waals surface area contributed by atoms with Gasteiger partial charge in [-0.3, -0.25) is 9.48 Å². The second kappa shape index (κ2) is 7.21. The number of hydrogen-bond acceptors (Lipinski definition) is 4. The molecule has 0 fully saturated rings. The molecule has 1 amide bonds. The van der Waals surface area contributed by atoms with E-state index < -0.39 is 0 Å². The second-order valence-corrected chi connectivity index (χ2v) is 5.69. The third-order valence-electron chi connectivity index (χ3n) is 3.69. The van der Waals surface area contributed by atoms with Crippen LogP contribution in [-0.4, -0.2) is 34.9 Å². The molecule has 1 aromatic heterocycles. The Morgan fingerprint density at radius 3 is 3.12 bits per heavy atom. The number of nitrogens with one attached hydrogen (secondary N) is 1. The van der Waals surface area contributed by atoms with Crippen molar-refractivity contribution < 1.29 is 14.3 Å².